The molecule has 9 heteroatoms. The van der Waals surface area contributed by atoms with E-state index in [1.54, 1.807) is 4.90 Å². The minimum atomic E-state index is -1.26. The Morgan fingerprint density at radius 1 is 1.00 bits per heavy atom. The summed E-state index contributed by atoms with van der Waals surface area (Å²) in [5, 5.41) is 14.2. The second-order valence-corrected chi connectivity index (χ2v) is 8.12. The fourth-order valence-electron chi connectivity index (χ4n) is 3.06. The summed E-state index contributed by atoms with van der Waals surface area (Å²) in [6.07, 6.45) is 5.42. The summed E-state index contributed by atoms with van der Waals surface area (Å²) in [4.78, 5) is 38.6. The van der Waals surface area contributed by atoms with Crippen molar-refractivity contribution in [2.75, 3.05) is 13.1 Å². The summed E-state index contributed by atoms with van der Waals surface area (Å²) in [6, 6.07) is 3.47. The van der Waals surface area contributed by atoms with Gasteiger partial charge in [-0.1, -0.05) is 62.7 Å². The summed E-state index contributed by atoms with van der Waals surface area (Å²) in [5.41, 5.74) is 0.249. The number of nitrogens with one attached hydrogen (secondary N) is 1. The van der Waals surface area contributed by atoms with Gasteiger partial charge in [-0.15, -0.1) is 0 Å². The zero-order valence-electron chi connectivity index (χ0n) is 18.7. The molecule has 0 saturated heterocycles. The zero-order chi connectivity index (χ0) is 22.5. The summed E-state index contributed by atoms with van der Waals surface area (Å²) >= 11 is 11.9. The molecule has 168 valence electrons. The molecule has 0 aliphatic rings. The molecular weight excluding hydrogens is 450 g/mol. The van der Waals surface area contributed by atoms with Crippen LogP contribution in [-0.4, -0.2) is 41.8 Å². The van der Waals surface area contributed by atoms with Gasteiger partial charge in [0.1, 0.15) is 6.04 Å². The van der Waals surface area contributed by atoms with E-state index >= 15 is 0 Å². The third kappa shape index (κ3) is 11.6. The van der Waals surface area contributed by atoms with E-state index in [1.165, 1.54) is 18.2 Å². The number of halogens is 2. The van der Waals surface area contributed by atoms with Crippen LogP contribution in [0, 0.1) is 0 Å². The van der Waals surface area contributed by atoms with Crippen LogP contribution in [0.1, 0.15) is 75.6 Å². The number of aliphatic carboxylic acids is 1. The van der Waals surface area contributed by atoms with Crippen LogP contribution in [-0.2, 0) is 9.59 Å². The van der Waals surface area contributed by atoms with Crippen molar-refractivity contribution in [3.05, 3.63) is 33.8 Å². The number of carboxylic acids is 1. The van der Waals surface area contributed by atoms with Crippen molar-refractivity contribution in [2.45, 2.75) is 71.3 Å². The van der Waals surface area contributed by atoms with Gasteiger partial charge in [-0.2, -0.15) is 0 Å². The third-order valence-electron chi connectivity index (χ3n) is 4.80. The smallest absolute Gasteiger partial charge is 0.550 e. The van der Waals surface area contributed by atoms with Crippen LogP contribution in [0.15, 0.2) is 18.2 Å². The molecule has 0 spiro atoms. The second kappa shape index (κ2) is 16.8. The number of unbranched alkanes of at least 4 members (excludes halogenated alkanes) is 4. The van der Waals surface area contributed by atoms with E-state index in [-0.39, 0.29) is 58.9 Å². The molecule has 1 aromatic carbocycles. The Morgan fingerprint density at radius 2 is 1.58 bits per heavy atom. The fraction of sp³-hybridized carbons (Fsp3) is 0.591. The average Bonchev–Trinajstić information content (AvgIpc) is 2.71. The van der Waals surface area contributed by atoms with Gasteiger partial charge in [0.25, 0.3) is 5.91 Å². The molecule has 0 fully saturated rings. The number of rotatable bonds is 14. The van der Waals surface area contributed by atoms with Gasteiger partial charge in [-0.3, -0.25) is 9.59 Å². The third-order valence-corrected chi connectivity index (χ3v) is 5.54. The molecular formula is C22H31Cl2N2NaO4. The number of benzene rings is 1. The van der Waals surface area contributed by atoms with E-state index in [9.17, 15) is 19.5 Å². The molecule has 0 saturated carbocycles. The first kappa shape index (κ1) is 30.2. The summed E-state index contributed by atoms with van der Waals surface area (Å²) < 4.78 is 0. The number of carboxylic acid groups (broad SMARTS) is 1. The van der Waals surface area contributed by atoms with Crippen LogP contribution >= 0.6 is 23.2 Å². The first-order valence-corrected chi connectivity index (χ1v) is 11.3. The van der Waals surface area contributed by atoms with E-state index in [2.05, 4.69) is 19.2 Å². The number of amides is 2. The topological polar surface area (TPSA) is 89.5 Å². The molecule has 31 heavy (non-hydrogen) atoms. The van der Waals surface area contributed by atoms with Crippen LogP contribution < -0.4 is 40.0 Å². The van der Waals surface area contributed by atoms with Gasteiger partial charge in [0.2, 0.25) is 5.91 Å². The minimum Gasteiger partial charge on any atom is -0.550 e. The summed E-state index contributed by atoms with van der Waals surface area (Å²) in [5.74, 6) is -2.04. The summed E-state index contributed by atoms with van der Waals surface area (Å²) in [6.45, 7) is 5.34. The molecule has 0 bridgehead atoms. The van der Waals surface area contributed by atoms with Crippen LogP contribution in [0.3, 0.4) is 0 Å². The monoisotopic (exact) mass is 480 g/mol. The van der Waals surface area contributed by atoms with Crippen LogP contribution in [0.5, 0.6) is 0 Å². The standard InChI is InChI=1S/C22H32Cl2N2O4.Na/c1-3-5-7-13-26(14-8-6-4-2)22(30)19(11-12-20(27)28)25-21(29)16-9-10-17(23)18(24)15-16;/h9-10,15,19H,3-8,11-14H2,1-2H3,(H,25,29)(H,27,28);/q;+1/p-1/t19-;/m0./s1. The Labute approximate surface area is 217 Å². The predicted molar refractivity (Wildman–Crippen MR) is 118 cm³/mol. The quantitative estimate of drug-likeness (QED) is 0.315. The van der Waals surface area contributed by atoms with Gasteiger partial charge in [0.05, 0.1) is 10.0 Å². The molecule has 1 aromatic rings. The molecule has 0 unspecified atom stereocenters. The molecule has 0 aliphatic heterocycles. The molecule has 0 radical (unpaired) electrons. The van der Waals surface area contributed by atoms with Gasteiger partial charge in [0.15, 0.2) is 0 Å². The predicted octanol–water partition coefficient (Wildman–Crippen LogP) is 0.835. The number of carbonyl (C=O) groups is 3. The van der Waals surface area contributed by atoms with Crippen molar-refractivity contribution in [1.29, 1.82) is 0 Å². The van der Waals surface area contributed by atoms with Crippen molar-refractivity contribution < 1.29 is 49.0 Å². The van der Waals surface area contributed by atoms with E-state index in [4.69, 9.17) is 23.2 Å². The molecule has 0 heterocycles. The van der Waals surface area contributed by atoms with E-state index < -0.39 is 17.9 Å². The first-order chi connectivity index (χ1) is 14.3. The molecule has 0 aliphatic carbocycles. The van der Waals surface area contributed by atoms with Crippen molar-refractivity contribution in [2.24, 2.45) is 0 Å². The fourth-order valence-corrected chi connectivity index (χ4v) is 3.35. The maximum Gasteiger partial charge on any atom is 1.00 e. The minimum absolute atomic E-state index is 0. The Balaban J connectivity index is 0.00000900. The molecule has 1 rings (SSSR count). The Kier molecular flexibility index (Phi) is 16.4. The van der Waals surface area contributed by atoms with Crippen molar-refractivity contribution in [3.63, 3.8) is 0 Å². The van der Waals surface area contributed by atoms with Gasteiger partial charge in [-0.05, 0) is 43.9 Å². The molecule has 6 nitrogen and oxygen atoms in total. The normalized spacial score (nSPS) is 11.4. The van der Waals surface area contributed by atoms with Gasteiger partial charge >= 0.3 is 29.6 Å². The van der Waals surface area contributed by atoms with E-state index in [0.29, 0.717) is 18.1 Å². The maximum atomic E-state index is 13.2. The Morgan fingerprint density at radius 3 is 2.06 bits per heavy atom. The SMILES string of the molecule is CCCCCN(CCCCC)C(=O)[C@H](CCC(=O)[O-])NC(=O)c1ccc(Cl)c(Cl)c1.[Na+]. The van der Waals surface area contributed by atoms with Crippen LogP contribution in [0.2, 0.25) is 10.0 Å². The average molecular weight is 481 g/mol. The second-order valence-electron chi connectivity index (χ2n) is 7.31. The van der Waals surface area contributed by atoms with Gasteiger partial charge in [-0.25, -0.2) is 0 Å². The van der Waals surface area contributed by atoms with Crippen molar-refractivity contribution in [3.8, 4) is 0 Å². The first-order valence-electron chi connectivity index (χ1n) is 10.5. The molecule has 2 amide bonds. The van der Waals surface area contributed by atoms with Crippen molar-refractivity contribution in [1.82, 2.24) is 10.2 Å². The van der Waals surface area contributed by atoms with Crippen LogP contribution in [0.25, 0.3) is 0 Å². The number of hydrogen-bond donors (Lipinski definition) is 1. The number of hydrogen-bond acceptors (Lipinski definition) is 4. The van der Waals surface area contributed by atoms with E-state index in [0.717, 1.165) is 38.5 Å². The number of carbonyl (C=O) groups excluding carboxylic acids is 3. The van der Waals surface area contributed by atoms with Gasteiger partial charge < -0.3 is 20.1 Å². The Hall–Kier alpha value is -0.790. The molecule has 1 atom stereocenters. The largest absolute Gasteiger partial charge is 1.00 e. The maximum absolute atomic E-state index is 13.2. The summed E-state index contributed by atoms with van der Waals surface area (Å²) in [7, 11) is 0. The molecule has 1 N–H and O–H groups in total. The van der Waals surface area contributed by atoms with E-state index in [1.807, 2.05) is 0 Å². The zero-order valence-corrected chi connectivity index (χ0v) is 22.2. The van der Waals surface area contributed by atoms with Gasteiger partial charge in [0, 0.05) is 24.6 Å². The van der Waals surface area contributed by atoms with Crippen LogP contribution in [0.4, 0.5) is 0 Å². The van der Waals surface area contributed by atoms with Crippen molar-refractivity contribution >= 4 is 41.0 Å². The Bertz CT molecular complexity index is 709. The number of nitrogens with zero attached hydrogens (tertiary/aromatic N) is 1. The molecule has 0 aromatic heterocycles.